The van der Waals surface area contributed by atoms with E-state index in [0.717, 1.165) is 67.7 Å². The molecule has 0 bridgehead atoms. The minimum absolute atomic E-state index is 0.380. The molecular formula is C27H36N6O. The number of hydrogen-bond acceptors (Lipinski definition) is 7. The van der Waals surface area contributed by atoms with Crippen molar-refractivity contribution in [3.8, 4) is 17.1 Å². The minimum atomic E-state index is 0.380. The number of hydrogen-bond donors (Lipinski definition) is 0. The van der Waals surface area contributed by atoms with E-state index in [1.54, 1.807) is 13.3 Å². The molecule has 0 saturated carbocycles. The number of benzene rings is 1. The highest BCUT2D eigenvalue weighted by Gasteiger charge is 2.24. The molecule has 1 unspecified atom stereocenters. The molecular weight excluding hydrogens is 424 g/mol. The average molecular weight is 461 g/mol. The number of pyridine rings is 1. The summed E-state index contributed by atoms with van der Waals surface area (Å²) in [6, 6.07) is 12.7. The number of nitrogens with zero attached hydrogens (tertiary/aromatic N) is 6. The first kappa shape index (κ1) is 24.1. The van der Waals surface area contributed by atoms with E-state index in [2.05, 4.69) is 58.0 Å². The number of rotatable bonds is 8. The van der Waals surface area contributed by atoms with Gasteiger partial charge in [-0.25, -0.2) is 9.97 Å². The van der Waals surface area contributed by atoms with E-state index in [1.807, 2.05) is 32.4 Å². The molecule has 7 nitrogen and oxygen atoms in total. The molecule has 0 spiro atoms. The monoisotopic (exact) mass is 460 g/mol. The van der Waals surface area contributed by atoms with Gasteiger partial charge in [-0.2, -0.15) is 0 Å². The fourth-order valence-electron chi connectivity index (χ4n) is 4.61. The molecule has 0 N–H and O–H groups in total. The highest BCUT2D eigenvalue weighted by molar-refractivity contribution is 5.56. The molecule has 1 fully saturated rings. The van der Waals surface area contributed by atoms with Gasteiger partial charge in [-0.05, 0) is 63.3 Å². The summed E-state index contributed by atoms with van der Waals surface area (Å²) in [6.07, 6.45) is 5.92. The second-order valence-corrected chi connectivity index (χ2v) is 9.57. The zero-order valence-electron chi connectivity index (χ0n) is 21.0. The highest BCUT2D eigenvalue weighted by atomic mass is 16.5. The van der Waals surface area contributed by atoms with Gasteiger partial charge < -0.3 is 14.5 Å². The first-order chi connectivity index (χ1) is 16.4. The van der Waals surface area contributed by atoms with E-state index in [1.165, 1.54) is 11.1 Å². The first-order valence-corrected chi connectivity index (χ1v) is 11.9. The van der Waals surface area contributed by atoms with E-state index in [4.69, 9.17) is 14.7 Å². The zero-order valence-corrected chi connectivity index (χ0v) is 21.0. The maximum atomic E-state index is 5.58. The number of likely N-dealkylation sites (tertiary alicyclic amines) is 1. The van der Waals surface area contributed by atoms with Crippen molar-refractivity contribution >= 4 is 5.82 Å². The lowest BCUT2D eigenvalue weighted by molar-refractivity contribution is 0.198. The summed E-state index contributed by atoms with van der Waals surface area (Å²) in [5.74, 6) is 3.01. The summed E-state index contributed by atoms with van der Waals surface area (Å²) >= 11 is 0. The second-order valence-electron chi connectivity index (χ2n) is 9.57. The number of methoxy groups -OCH3 is 1. The molecule has 4 rings (SSSR count). The van der Waals surface area contributed by atoms with Gasteiger partial charge in [0.1, 0.15) is 11.6 Å². The molecule has 1 saturated heterocycles. The summed E-state index contributed by atoms with van der Waals surface area (Å²) in [7, 11) is 9.98. The third kappa shape index (κ3) is 5.90. The Kier molecular flexibility index (Phi) is 7.75. The van der Waals surface area contributed by atoms with Gasteiger partial charge in [0.05, 0.1) is 12.8 Å². The van der Waals surface area contributed by atoms with Gasteiger partial charge in [-0.1, -0.05) is 6.07 Å². The van der Waals surface area contributed by atoms with Crippen LogP contribution in [0.3, 0.4) is 0 Å². The van der Waals surface area contributed by atoms with E-state index in [9.17, 15) is 0 Å². The third-order valence-electron chi connectivity index (χ3n) is 6.27. The predicted octanol–water partition coefficient (Wildman–Crippen LogP) is 4.05. The third-order valence-corrected chi connectivity index (χ3v) is 6.27. The number of aromatic nitrogens is 3. The summed E-state index contributed by atoms with van der Waals surface area (Å²) < 4.78 is 5.58. The predicted molar refractivity (Wildman–Crippen MR) is 137 cm³/mol. The molecule has 34 heavy (non-hydrogen) atoms. The molecule has 180 valence electrons. The fourth-order valence-corrected chi connectivity index (χ4v) is 4.61. The van der Waals surface area contributed by atoms with Crippen molar-refractivity contribution in [3.63, 3.8) is 0 Å². The van der Waals surface area contributed by atoms with Crippen molar-refractivity contribution in [2.24, 2.45) is 0 Å². The van der Waals surface area contributed by atoms with Crippen LogP contribution in [0.2, 0.25) is 0 Å². The standard InChI is InChI=1S/C27H36N6O/c1-31(2)18-23-14-20(10-11-25(23)34-5)17-33-13-7-9-22(19-33)24-15-26(32(3)4)30-27(29-24)21-8-6-12-28-16-21/h6,8,10-12,14-16,22H,7,9,13,17-19H2,1-5H3. The van der Waals surface area contributed by atoms with Crippen LogP contribution in [0.15, 0.2) is 48.8 Å². The zero-order chi connectivity index (χ0) is 24.1. The average Bonchev–Trinajstić information content (AvgIpc) is 2.84. The Morgan fingerprint density at radius 2 is 1.94 bits per heavy atom. The van der Waals surface area contributed by atoms with Crippen LogP contribution in [0.4, 0.5) is 5.82 Å². The van der Waals surface area contributed by atoms with Gasteiger partial charge >= 0.3 is 0 Å². The fraction of sp³-hybridized carbons (Fsp3) is 0.444. The Hall–Kier alpha value is -3.03. The highest BCUT2D eigenvalue weighted by Crippen LogP contribution is 2.30. The Labute approximate surface area is 203 Å². The summed E-state index contributed by atoms with van der Waals surface area (Å²) in [5, 5.41) is 0. The van der Waals surface area contributed by atoms with Crippen LogP contribution in [-0.2, 0) is 13.1 Å². The molecule has 1 aliphatic heterocycles. The van der Waals surface area contributed by atoms with Crippen LogP contribution in [0.5, 0.6) is 5.75 Å². The molecule has 3 heterocycles. The molecule has 3 aromatic rings. The van der Waals surface area contributed by atoms with Crippen LogP contribution in [0, 0.1) is 0 Å². The quantitative estimate of drug-likeness (QED) is 0.503. The van der Waals surface area contributed by atoms with E-state index in [0.29, 0.717) is 5.92 Å². The number of ether oxygens (including phenoxy) is 1. The molecule has 0 radical (unpaired) electrons. The van der Waals surface area contributed by atoms with Crippen LogP contribution in [0.25, 0.3) is 11.4 Å². The first-order valence-electron chi connectivity index (χ1n) is 11.9. The van der Waals surface area contributed by atoms with Crippen molar-refractivity contribution in [2.45, 2.75) is 31.8 Å². The molecule has 0 aliphatic carbocycles. The van der Waals surface area contributed by atoms with E-state index in [-0.39, 0.29) is 0 Å². The minimum Gasteiger partial charge on any atom is -0.496 e. The molecule has 7 heteroatoms. The molecule has 1 aromatic carbocycles. The lowest BCUT2D eigenvalue weighted by atomic mass is 9.93. The molecule has 0 amide bonds. The number of anilines is 1. The van der Waals surface area contributed by atoms with Gasteiger partial charge in [0, 0.05) is 69.2 Å². The van der Waals surface area contributed by atoms with Gasteiger partial charge in [0.2, 0.25) is 0 Å². The van der Waals surface area contributed by atoms with Crippen LogP contribution in [-0.4, -0.2) is 73.1 Å². The van der Waals surface area contributed by atoms with Gasteiger partial charge in [0.15, 0.2) is 5.82 Å². The topological polar surface area (TPSA) is 57.6 Å². The SMILES string of the molecule is COc1ccc(CN2CCCC(c3cc(N(C)C)nc(-c4cccnc4)n3)C2)cc1CN(C)C. The van der Waals surface area contributed by atoms with Gasteiger partial charge in [0.25, 0.3) is 0 Å². The Balaban J connectivity index is 1.55. The Bertz CT molecular complexity index is 1090. The van der Waals surface area contributed by atoms with Crippen LogP contribution in [0.1, 0.15) is 35.6 Å². The van der Waals surface area contributed by atoms with Crippen molar-refractivity contribution in [1.82, 2.24) is 24.8 Å². The van der Waals surface area contributed by atoms with E-state index >= 15 is 0 Å². The van der Waals surface area contributed by atoms with Crippen LogP contribution >= 0.6 is 0 Å². The van der Waals surface area contributed by atoms with Crippen molar-refractivity contribution in [3.05, 3.63) is 65.6 Å². The van der Waals surface area contributed by atoms with Gasteiger partial charge in [-0.15, -0.1) is 0 Å². The second kappa shape index (κ2) is 10.9. The van der Waals surface area contributed by atoms with Crippen LogP contribution < -0.4 is 9.64 Å². The molecule has 1 atom stereocenters. The maximum absolute atomic E-state index is 5.58. The largest absolute Gasteiger partial charge is 0.496 e. The van der Waals surface area contributed by atoms with Crippen molar-refractivity contribution in [2.75, 3.05) is 53.3 Å². The molecule has 1 aliphatic rings. The summed E-state index contributed by atoms with van der Waals surface area (Å²) in [4.78, 5) is 20.8. The Morgan fingerprint density at radius 1 is 1.09 bits per heavy atom. The van der Waals surface area contributed by atoms with Gasteiger partial charge in [-0.3, -0.25) is 9.88 Å². The normalized spacial score (nSPS) is 16.6. The number of piperidine rings is 1. The summed E-state index contributed by atoms with van der Waals surface area (Å²) in [5.41, 5.74) is 4.62. The lowest BCUT2D eigenvalue weighted by Gasteiger charge is -2.33. The smallest absolute Gasteiger partial charge is 0.163 e. The van der Waals surface area contributed by atoms with E-state index < -0.39 is 0 Å². The summed E-state index contributed by atoms with van der Waals surface area (Å²) in [6.45, 7) is 3.89. The maximum Gasteiger partial charge on any atom is 0.163 e. The Morgan fingerprint density at radius 3 is 2.65 bits per heavy atom. The van der Waals surface area contributed by atoms with Crippen molar-refractivity contribution in [1.29, 1.82) is 0 Å². The molecule has 2 aromatic heterocycles. The van der Waals surface area contributed by atoms with Crippen molar-refractivity contribution < 1.29 is 4.74 Å². The lowest BCUT2D eigenvalue weighted by Crippen LogP contribution is -2.34.